The van der Waals surface area contributed by atoms with Gasteiger partial charge in [0.1, 0.15) is 11.5 Å². The molecule has 0 spiro atoms. The second kappa shape index (κ2) is 9.53. The fourth-order valence-corrected chi connectivity index (χ4v) is 4.32. The van der Waals surface area contributed by atoms with Crippen LogP contribution in [-0.2, 0) is 0 Å². The number of nitrogens with zero attached hydrogens (tertiary/aromatic N) is 1. The van der Waals surface area contributed by atoms with E-state index in [-0.39, 0.29) is 5.91 Å². The summed E-state index contributed by atoms with van der Waals surface area (Å²) in [5, 5.41) is 9.08. The molecule has 0 atom stereocenters. The number of hydrogen-bond acceptors (Lipinski definition) is 4. The molecule has 0 saturated carbocycles. The Labute approximate surface area is 197 Å². The van der Waals surface area contributed by atoms with Gasteiger partial charge in [-0.15, -0.1) is 0 Å². The van der Waals surface area contributed by atoms with Crippen molar-refractivity contribution in [1.29, 1.82) is 0 Å². The SMILES string of the molecule is O=C(Nc1cc(Oc2cccc(Cl)c2)ccc1N1CCNCC1)c1cccc2ccccc12. The van der Waals surface area contributed by atoms with Crippen LogP contribution in [0.1, 0.15) is 10.4 Å². The minimum Gasteiger partial charge on any atom is -0.457 e. The number of ether oxygens (including phenoxy) is 1. The van der Waals surface area contributed by atoms with Crippen molar-refractivity contribution in [3.63, 3.8) is 0 Å². The van der Waals surface area contributed by atoms with Gasteiger partial charge in [-0.25, -0.2) is 0 Å². The van der Waals surface area contributed by atoms with Crippen LogP contribution in [0.25, 0.3) is 10.8 Å². The van der Waals surface area contributed by atoms with Gasteiger partial charge >= 0.3 is 0 Å². The fraction of sp³-hybridized carbons (Fsp3) is 0.148. The molecule has 0 aromatic heterocycles. The van der Waals surface area contributed by atoms with Crippen LogP contribution in [-0.4, -0.2) is 32.1 Å². The second-order valence-corrected chi connectivity index (χ2v) is 8.39. The lowest BCUT2D eigenvalue weighted by atomic mass is 10.0. The molecule has 0 aliphatic carbocycles. The van der Waals surface area contributed by atoms with E-state index in [2.05, 4.69) is 15.5 Å². The zero-order valence-electron chi connectivity index (χ0n) is 18.1. The fourth-order valence-electron chi connectivity index (χ4n) is 4.14. The van der Waals surface area contributed by atoms with Crippen molar-refractivity contribution in [2.75, 3.05) is 36.4 Å². The zero-order chi connectivity index (χ0) is 22.6. The number of benzene rings is 4. The predicted octanol–water partition coefficient (Wildman–Crippen LogP) is 5.95. The van der Waals surface area contributed by atoms with Crippen LogP contribution in [0.2, 0.25) is 5.02 Å². The van der Waals surface area contributed by atoms with Crippen LogP contribution in [0, 0.1) is 0 Å². The van der Waals surface area contributed by atoms with Gasteiger partial charge in [-0.3, -0.25) is 4.79 Å². The highest BCUT2D eigenvalue weighted by Gasteiger charge is 2.18. The van der Waals surface area contributed by atoms with Crippen LogP contribution in [0.4, 0.5) is 11.4 Å². The molecule has 1 aliphatic rings. The largest absolute Gasteiger partial charge is 0.457 e. The Morgan fingerprint density at radius 3 is 2.48 bits per heavy atom. The summed E-state index contributed by atoms with van der Waals surface area (Å²) in [6.45, 7) is 3.53. The summed E-state index contributed by atoms with van der Waals surface area (Å²) >= 11 is 6.10. The zero-order valence-corrected chi connectivity index (χ0v) is 18.8. The van der Waals surface area contributed by atoms with Gasteiger partial charge in [0.15, 0.2) is 0 Å². The first-order valence-corrected chi connectivity index (χ1v) is 11.4. The number of hydrogen-bond donors (Lipinski definition) is 2. The lowest BCUT2D eigenvalue weighted by Crippen LogP contribution is -2.43. The molecule has 4 aromatic rings. The molecule has 2 N–H and O–H groups in total. The Morgan fingerprint density at radius 1 is 0.879 bits per heavy atom. The van der Waals surface area contributed by atoms with E-state index < -0.39 is 0 Å². The molecule has 4 aromatic carbocycles. The first kappa shape index (κ1) is 21.3. The Hall–Kier alpha value is -3.54. The minimum absolute atomic E-state index is 0.150. The standard InChI is InChI=1S/C27H24ClN3O2/c28-20-7-4-8-21(17-20)33-22-11-12-26(31-15-13-29-14-16-31)25(18-22)30-27(32)24-10-3-6-19-5-1-2-9-23(19)24/h1-12,17-18,29H,13-16H2,(H,30,32). The quantitative estimate of drug-likeness (QED) is 0.389. The average molecular weight is 458 g/mol. The number of nitrogens with one attached hydrogen (secondary N) is 2. The highest BCUT2D eigenvalue weighted by atomic mass is 35.5. The monoisotopic (exact) mass is 457 g/mol. The predicted molar refractivity (Wildman–Crippen MR) is 135 cm³/mol. The summed E-state index contributed by atoms with van der Waals surface area (Å²) in [5.41, 5.74) is 2.33. The van der Waals surface area contributed by atoms with Crippen molar-refractivity contribution < 1.29 is 9.53 Å². The van der Waals surface area contributed by atoms with E-state index in [1.807, 2.05) is 72.8 Å². The van der Waals surface area contributed by atoms with Gasteiger partial charge in [-0.2, -0.15) is 0 Å². The van der Waals surface area contributed by atoms with Crippen LogP contribution >= 0.6 is 11.6 Å². The van der Waals surface area contributed by atoms with Crippen molar-refractivity contribution in [3.05, 3.63) is 95.5 Å². The van der Waals surface area contributed by atoms with Gasteiger partial charge in [0.05, 0.1) is 11.4 Å². The molecule has 6 heteroatoms. The number of piperazine rings is 1. The number of fused-ring (bicyclic) bond motifs is 1. The van der Waals surface area contributed by atoms with Crippen LogP contribution in [0.5, 0.6) is 11.5 Å². The maximum absolute atomic E-state index is 13.4. The molecule has 1 heterocycles. The van der Waals surface area contributed by atoms with Crippen molar-refractivity contribution >= 4 is 39.7 Å². The topological polar surface area (TPSA) is 53.6 Å². The highest BCUT2D eigenvalue weighted by Crippen LogP contribution is 2.34. The lowest BCUT2D eigenvalue weighted by molar-refractivity contribution is 0.102. The Bertz CT molecular complexity index is 1300. The van der Waals surface area contributed by atoms with Crippen molar-refractivity contribution in [2.45, 2.75) is 0 Å². The number of halogens is 1. The van der Waals surface area contributed by atoms with Gasteiger partial charge < -0.3 is 20.3 Å². The number of carbonyl (C=O) groups excluding carboxylic acids is 1. The summed E-state index contributed by atoms with van der Waals surface area (Å²) < 4.78 is 6.03. The normalized spacial score (nSPS) is 13.7. The number of rotatable bonds is 5. The first-order valence-electron chi connectivity index (χ1n) is 11.0. The maximum Gasteiger partial charge on any atom is 0.256 e. The van der Waals surface area contributed by atoms with E-state index in [9.17, 15) is 4.79 Å². The van der Waals surface area contributed by atoms with Gasteiger partial charge in [-0.05, 0) is 47.2 Å². The van der Waals surface area contributed by atoms with Gasteiger partial charge in [0.2, 0.25) is 0 Å². The smallest absolute Gasteiger partial charge is 0.256 e. The minimum atomic E-state index is -0.150. The van der Waals surface area contributed by atoms with Crippen LogP contribution < -0.4 is 20.3 Å². The van der Waals surface area contributed by atoms with E-state index in [0.29, 0.717) is 22.1 Å². The molecular formula is C27H24ClN3O2. The Kier molecular flexibility index (Phi) is 6.15. The summed E-state index contributed by atoms with van der Waals surface area (Å²) in [4.78, 5) is 15.7. The lowest BCUT2D eigenvalue weighted by Gasteiger charge is -2.31. The Morgan fingerprint density at radius 2 is 1.64 bits per heavy atom. The van der Waals surface area contributed by atoms with E-state index in [1.54, 1.807) is 12.1 Å². The van der Waals surface area contributed by atoms with Crippen LogP contribution in [0.15, 0.2) is 84.9 Å². The molecule has 1 aliphatic heterocycles. The highest BCUT2D eigenvalue weighted by molar-refractivity contribution is 6.30. The third-order valence-corrected chi connectivity index (χ3v) is 5.98. The summed E-state index contributed by atoms with van der Waals surface area (Å²) in [6.07, 6.45) is 0. The van der Waals surface area contributed by atoms with Crippen molar-refractivity contribution in [3.8, 4) is 11.5 Å². The molecule has 1 amide bonds. The third-order valence-electron chi connectivity index (χ3n) is 5.74. The first-order chi connectivity index (χ1) is 16.2. The number of amides is 1. The second-order valence-electron chi connectivity index (χ2n) is 7.96. The summed E-state index contributed by atoms with van der Waals surface area (Å²) in [6, 6.07) is 26.8. The van der Waals surface area contributed by atoms with E-state index in [4.69, 9.17) is 16.3 Å². The Balaban J connectivity index is 1.49. The molecule has 5 rings (SSSR count). The molecule has 0 radical (unpaired) electrons. The van der Waals surface area contributed by atoms with Gasteiger partial charge in [0, 0.05) is 42.8 Å². The van der Waals surface area contributed by atoms with Crippen molar-refractivity contribution in [2.24, 2.45) is 0 Å². The summed E-state index contributed by atoms with van der Waals surface area (Å²) in [7, 11) is 0. The van der Waals surface area contributed by atoms with Gasteiger partial charge in [-0.1, -0.05) is 54.1 Å². The molecule has 166 valence electrons. The van der Waals surface area contributed by atoms with Crippen molar-refractivity contribution in [1.82, 2.24) is 5.32 Å². The molecule has 0 bridgehead atoms. The number of carbonyl (C=O) groups is 1. The van der Waals surface area contributed by atoms with Gasteiger partial charge in [0.25, 0.3) is 5.91 Å². The van der Waals surface area contributed by atoms with E-state index in [0.717, 1.165) is 48.3 Å². The molecule has 0 unspecified atom stereocenters. The van der Waals surface area contributed by atoms with Crippen LogP contribution in [0.3, 0.4) is 0 Å². The molecular weight excluding hydrogens is 434 g/mol. The average Bonchev–Trinajstić information content (AvgIpc) is 2.84. The van der Waals surface area contributed by atoms with E-state index >= 15 is 0 Å². The van der Waals surface area contributed by atoms with E-state index in [1.165, 1.54) is 0 Å². The molecule has 1 saturated heterocycles. The number of anilines is 2. The maximum atomic E-state index is 13.4. The molecule has 1 fully saturated rings. The molecule has 33 heavy (non-hydrogen) atoms. The molecule has 5 nitrogen and oxygen atoms in total. The third kappa shape index (κ3) is 4.80. The summed E-state index contributed by atoms with van der Waals surface area (Å²) in [5.74, 6) is 1.12.